The summed E-state index contributed by atoms with van der Waals surface area (Å²) in [4.78, 5) is 11.4. The van der Waals surface area contributed by atoms with Gasteiger partial charge in [0.2, 0.25) is 0 Å². The molecule has 2 aromatic heterocycles. The molecule has 0 amide bonds. The van der Waals surface area contributed by atoms with E-state index in [2.05, 4.69) is 60.4 Å². The van der Waals surface area contributed by atoms with E-state index in [1.807, 2.05) is 31.6 Å². The minimum Gasteiger partial charge on any atom is -0.468 e. The fraction of sp³-hybridized carbons (Fsp3) is 0.417. The van der Waals surface area contributed by atoms with Gasteiger partial charge in [0.15, 0.2) is 5.96 Å². The summed E-state index contributed by atoms with van der Waals surface area (Å²) in [5.41, 5.74) is 1.28. The van der Waals surface area contributed by atoms with Gasteiger partial charge in [-0.1, -0.05) is 30.3 Å². The monoisotopic (exact) mass is 420 g/mol. The van der Waals surface area contributed by atoms with Crippen molar-refractivity contribution in [3.8, 4) is 0 Å². The molecule has 31 heavy (non-hydrogen) atoms. The van der Waals surface area contributed by atoms with Gasteiger partial charge in [-0.2, -0.15) is 0 Å². The predicted octanol–water partition coefficient (Wildman–Crippen LogP) is 3.07. The second-order valence-corrected chi connectivity index (χ2v) is 7.86. The van der Waals surface area contributed by atoms with Gasteiger partial charge >= 0.3 is 0 Å². The van der Waals surface area contributed by atoms with Crippen LogP contribution < -0.4 is 10.6 Å². The number of hydrogen-bond donors (Lipinski definition) is 2. The maximum atomic E-state index is 5.71. The summed E-state index contributed by atoms with van der Waals surface area (Å²) < 4.78 is 7.92. The SMILES string of the molecule is CN=C(NCCc1nccn1Cc1ccccc1)NCC(c1ccco1)N1CCCC1. The molecule has 1 fully saturated rings. The van der Waals surface area contributed by atoms with Crippen molar-refractivity contribution in [1.29, 1.82) is 0 Å². The summed E-state index contributed by atoms with van der Waals surface area (Å²) in [6.07, 6.45) is 8.99. The first-order chi connectivity index (χ1) is 15.3. The van der Waals surface area contributed by atoms with Gasteiger partial charge in [0.1, 0.15) is 11.6 Å². The molecule has 2 N–H and O–H groups in total. The number of likely N-dealkylation sites (tertiary alicyclic amines) is 1. The van der Waals surface area contributed by atoms with Crippen LogP contribution in [-0.4, -0.2) is 53.6 Å². The third kappa shape index (κ3) is 5.76. The highest BCUT2D eigenvalue weighted by Gasteiger charge is 2.25. The molecule has 3 heterocycles. The fourth-order valence-corrected chi connectivity index (χ4v) is 4.14. The molecule has 1 saturated heterocycles. The summed E-state index contributed by atoms with van der Waals surface area (Å²) in [5.74, 6) is 2.88. The summed E-state index contributed by atoms with van der Waals surface area (Å²) in [5, 5.41) is 6.91. The molecule has 0 saturated carbocycles. The van der Waals surface area contributed by atoms with Crippen LogP contribution in [0.2, 0.25) is 0 Å². The molecule has 7 nitrogen and oxygen atoms in total. The van der Waals surface area contributed by atoms with Gasteiger partial charge in [0.05, 0.1) is 12.3 Å². The number of hydrogen-bond acceptors (Lipinski definition) is 4. The Kier molecular flexibility index (Phi) is 7.39. The highest BCUT2D eigenvalue weighted by Crippen LogP contribution is 2.24. The number of rotatable bonds is 9. The lowest BCUT2D eigenvalue weighted by molar-refractivity contribution is 0.215. The van der Waals surface area contributed by atoms with Gasteiger partial charge in [0, 0.05) is 45.5 Å². The Hall–Kier alpha value is -3.06. The zero-order valence-corrected chi connectivity index (χ0v) is 18.2. The van der Waals surface area contributed by atoms with Crippen molar-refractivity contribution in [3.05, 3.63) is 78.3 Å². The van der Waals surface area contributed by atoms with Crippen molar-refractivity contribution in [2.75, 3.05) is 33.2 Å². The Morgan fingerprint density at radius 3 is 2.71 bits per heavy atom. The van der Waals surface area contributed by atoms with Crippen LogP contribution in [0.1, 0.15) is 36.0 Å². The number of aromatic nitrogens is 2. The molecule has 0 bridgehead atoms. The van der Waals surface area contributed by atoms with E-state index < -0.39 is 0 Å². The molecule has 0 spiro atoms. The van der Waals surface area contributed by atoms with Gasteiger partial charge in [-0.05, 0) is 43.6 Å². The van der Waals surface area contributed by atoms with Crippen molar-refractivity contribution in [2.45, 2.75) is 31.8 Å². The molecule has 0 radical (unpaired) electrons. The van der Waals surface area contributed by atoms with Crippen molar-refractivity contribution in [3.63, 3.8) is 0 Å². The molecular weight excluding hydrogens is 388 g/mol. The van der Waals surface area contributed by atoms with Crippen LogP contribution in [-0.2, 0) is 13.0 Å². The Bertz CT molecular complexity index is 928. The van der Waals surface area contributed by atoms with Crippen LogP contribution in [0.5, 0.6) is 0 Å². The molecule has 7 heteroatoms. The lowest BCUT2D eigenvalue weighted by Gasteiger charge is -2.26. The molecular formula is C24H32N6O. The molecule has 1 atom stereocenters. The Balaban J connectivity index is 1.28. The number of guanidine groups is 1. The molecule has 0 aliphatic carbocycles. The normalized spacial score (nSPS) is 15.8. The van der Waals surface area contributed by atoms with Crippen molar-refractivity contribution < 1.29 is 4.42 Å². The molecule has 1 aliphatic heterocycles. The minimum absolute atomic E-state index is 0.223. The lowest BCUT2D eigenvalue weighted by atomic mass is 10.2. The zero-order valence-electron chi connectivity index (χ0n) is 18.2. The maximum Gasteiger partial charge on any atom is 0.191 e. The van der Waals surface area contributed by atoms with E-state index >= 15 is 0 Å². The van der Waals surface area contributed by atoms with Crippen LogP contribution in [0.15, 0.2) is 70.5 Å². The van der Waals surface area contributed by atoms with Gasteiger partial charge in [0.25, 0.3) is 0 Å². The topological polar surface area (TPSA) is 70.6 Å². The summed E-state index contributed by atoms with van der Waals surface area (Å²) in [7, 11) is 1.81. The smallest absolute Gasteiger partial charge is 0.191 e. The molecule has 164 valence electrons. The summed E-state index contributed by atoms with van der Waals surface area (Å²) in [6.45, 7) is 4.59. The van der Waals surface area contributed by atoms with Crippen LogP contribution in [0.4, 0.5) is 0 Å². The fourth-order valence-electron chi connectivity index (χ4n) is 4.14. The first kappa shape index (κ1) is 21.2. The van der Waals surface area contributed by atoms with Crippen LogP contribution >= 0.6 is 0 Å². The van der Waals surface area contributed by atoms with Crippen LogP contribution in [0.3, 0.4) is 0 Å². The number of furan rings is 1. The largest absolute Gasteiger partial charge is 0.468 e. The second-order valence-electron chi connectivity index (χ2n) is 7.86. The molecule has 1 unspecified atom stereocenters. The third-order valence-corrected chi connectivity index (χ3v) is 5.78. The van der Waals surface area contributed by atoms with E-state index in [0.29, 0.717) is 0 Å². The molecule has 1 aromatic carbocycles. The lowest BCUT2D eigenvalue weighted by Crippen LogP contribution is -2.43. The zero-order chi connectivity index (χ0) is 21.3. The molecule has 3 aromatic rings. The van der Waals surface area contributed by atoms with Crippen molar-refractivity contribution in [2.24, 2.45) is 4.99 Å². The highest BCUT2D eigenvalue weighted by atomic mass is 16.3. The van der Waals surface area contributed by atoms with E-state index in [1.54, 1.807) is 6.26 Å². The average molecular weight is 421 g/mol. The van der Waals surface area contributed by atoms with Gasteiger partial charge in [-0.15, -0.1) is 0 Å². The Morgan fingerprint density at radius 2 is 1.97 bits per heavy atom. The Labute approximate surface area is 184 Å². The number of imidazole rings is 1. The first-order valence-corrected chi connectivity index (χ1v) is 11.1. The standard InChI is InChI=1S/C24H32N6O/c1-25-24(28-18-21(22-10-7-17-31-22)29-14-5-6-15-29)27-12-11-23-26-13-16-30(23)19-20-8-3-2-4-9-20/h2-4,7-10,13,16-17,21H,5-6,11-12,14-15,18-19H2,1H3,(H2,25,27,28). The third-order valence-electron chi connectivity index (χ3n) is 5.78. The van der Waals surface area contributed by atoms with E-state index in [-0.39, 0.29) is 6.04 Å². The van der Waals surface area contributed by atoms with Crippen molar-refractivity contribution >= 4 is 5.96 Å². The Morgan fingerprint density at radius 1 is 1.13 bits per heavy atom. The first-order valence-electron chi connectivity index (χ1n) is 11.1. The second kappa shape index (κ2) is 10.8. The van der Waals surface area contributed by atoms with Gasteiger partial charge in [-0.3, -0.25) is 9.89 Å². The number of nitrogens with one attached hydrogen (secondary N) is 2. The van der Waals surface area contributed by atoms with E-state index in [0.717, 1.165) is 56.7 Å². The van der Waals surface area contributed by atoms with E-state index in [9.17, 15) is 0 Å². The van der Waals surface area contributed by atoms with E-state index in [1.165, 1.54) is 18.4 Å². The predicted molar refractivity (Wildman–Crippen MR) is 123 cm³/mol. The van der Waals surface area contributed by atoms with Crippen LogP contribution in [0, 0.1) is 0 Å². The molecule has 4 rings (SSSR count). The van der Waals surface area contributed by atoms with Gasteiger partial charge < -0.3 is 19.6 Å². The maximum absolute atomic E-state index is 5.71. The number of nitrogens with zero attached hydrogens (tertiary/aromatic N) is 4. The van der Waals surface area contributed by atoms with Gasteiger partial charge in [-0.25, -0.2) is 4.98 Å². The molecule has 1 aliphatic rings. The summed E-state index contributed by atoms with van der Waals surface area (Å²) >= 11 is 0. The number of aliphatic imine (C=N–C) groups is 1. The highest BCUT2D eigenvalue weighted by molar-refractivity contribution is 5.79. The van der Waals surface area contributed by atoms with Crippen molar-refractivity contribution in [1.82, 2.24) is 25.1 Å². The average Bonchev–Trinajstić information content (AvgIpc) is 3.58. The number of benzene rings is 1. The summed E-state index contributed by atoms with van der Waals surface area (Å²) in [6, 6.07) is 14.7. The minimum atomic E-state index is 0.223. The quantitative estimate of drug-likeness (QED) is 0.411. The van der Waals surface area contributed by atoms with Crippen LogP contribution in [0.25, 0.3) is 0 Å². The van der Waals surface area contributed by atoms with E-state index in [4.69, 9.17) is 4.42 Å².